The second-order valence-corrected chi connectivity index (χ2v) is 3.97. The summed E-state index contributed by atoms with van der Waals surface area (Å²) < 4.78 is 20.6. The van der Waals surface area contributed by atoms with Gasteiger partial charge in [0, 0.05) is 13.1 Å². The van der Waals surface area contributed by atoms with Crippen LogP contribution in [0.2, 0.25) is 0 Å². The molecule has 0 aliphatic carbocycles. The Morgan fingerprint density at radius 3 is 2.78 bits per heavy atom. The fourth-order valence-corrected chi connectivity index (χ4v) is 1.67. The maximum Gasteiger partial charge on any atom is 0.375 e. The first-order valence-corrected chi connectivity index (χ1v) is 4.68. The third-order valence-corrected chi connectivity index (χ3v) is 2.24. The van der Waals surface area contributed by atoms with Crippen molar-refractivity contribution in [3.63, 3.8) is 0 Å². The van der Waals surface area contributed by atoms with Gasteiger partial charge in [0.2, 0.25) is 0 Å². The fourth-order valence-electron chi connectivity index (χ4n) is 0.632. The summed E-state index contributed by atoms with van der Waals surface area (Å²) in [6, 6.07) is 0. The molecule has 0 N–H and O–H groups in total. The van der Waals surface area contributed by atoms with E-state index in [-0.39, 0.29) is 0 Å². The van der Waals surface area contributed by atoms with Gasteiger partial charge in [0.15, 0.2) is 0 Å². The van der Waals surface area contributed by atoms with Crippen LogP contribution in [0.5, 0.6) is 0 Å². The molecule has 0 aromatic carbocycles. The van der Waals surface area contributed by atoms with E-state index in [0.717, 1.165) is 0 Å². The molecule has 0 aromatic heterocycles. The molecule has 1 rings (SSSR count). The number of hydrogen-bond acceptors (Lipinski definition) is 3. The predicted octanol–water partition coefficient (Wildman–Crippen LogP) is 1.76. The van der Waals surface area contributed by atoms with Gasteiger partial charge < -0.3 is 4.52 Å². The Morgan fingerprint density at radius 2 is 2.44 bits per heavy atom. The van der Waals surface area contributed by atoms with E-state index in [4.69, 9.17) is 9.05 Å². The zero-order chi connectivity index (χ0) is 6.91. The first-order chi connectivity index (χ1) is 4.10. The van der Waals surface area contributed by atoms with Gasteiger partial charge in [-0.25, -0.2) is 4.57 Å². The third kappa shape index (κ3) is 1.84. The summed E-state index contributed by atoms with van der Waals surface area (Å²) >= 11 is 0. The van der Waals surface area contributed by atoms with E-state index in [0.29, 0.717) is 18.8 Å². The van der Waals surface area contributed by atoms with Crippen LogP contribution in [-0.4, -0.2) is 13.3 Å². The van der Waals surface area contributed by atoms with Gasteiger partial charge in [-0.3, -0.25) is 4.52 Å². The molecule has 52 valence electrons. The molecule has 1 unspecified atom stereocenters. The van der Waals surface area contributed by atoms with Crippen LogP contribution < -0.4 is 0 Å². The highest BCUT2D eigenvalue weighted by Gasteiger charge is 2.23. The topological polar surface area (TPSA) is 35.5 Å². The molecule has 0 bridgehead atoms. The minimum atomic E-state index is -2.74. The van der Waals surface area contributed by atoms with E-state index in [9.17, 15) is 4.57 Å². The highest BCUT2D eigenvalue weighted by molar-refractivity contribution is 7.53. The van der Waals surface area contributed by atoms with Crippen LogP contribution >= 0.6 is 7.60 Å². The van der Waals surface area contributed by atoms with Crippen LogP contribution in [0.15, 0.2) is 12.3 Å². The molecule has 1 aliphatic heterocycles. The third-order valence-electron chi connectivity index (χ3n) is 1.00. The Labute approximate surface area is 54.2 Å². The van der Waals surface area contributed by atoms with Gasteiger partial charge in [0.25, 0.3) is 0 Å². The van der Waals surface area contributed by atoms with Crippen molar-refractivity contribution in [3.8, 4) is 0 Å². The zero-order valence-corrected chi connectivity index (χ0v) is 6.19. The molecule has 1 heterocycles. The van der Waals surface area contributed by atoms with Gasteiger partial charge in [0.1, 0.15) is 5.76 Å². The Balaban J connectivity index is 2.62. The van der Waals surface area contributed by atoms with E-state index < -0.39 is 7.60 Å². The van der Waals surface area contributed by atoms with Crippen LogP contribution in [0.4, 0.5) is 0 Å². The van der Waals surface area contributed by atoms with Crippen molar-refractivity contribution < 1.29 is 13.6 Å². The van der Waals surface area contributed by atoms with Gasteiger partial charge >= 0.3 is 7.60 Å². The maximum atomic E-state index is 10.9. The van der Waals surface area contributed by atoms with Crippen molar-refractivity contribution in [1.29, 1.82) is 0 Å². The van der Waals surface area contributed by atoms with E-state index >= 15 is 0 Å². The van der Waals surface area contributed by atoms with Crippen LogP contribution in [0.3, 0.4) is 0 Å². The predicted molar refractivity (Wildman–Crippen MR) is 34.3 cm³/mol. The molecular formula is C5H9O3P. The Hall–Kier alpha value is -0.270. The summed E-state index contributed by atoms with van der Waals surface area (Å²) in [5, 5.41) is 0. The van der Waals surface area contributed by atoms with E-state index in [1.165, 1.54) is 6.66 Å². The molecule has 4 heteroatoms. The summed E-state index contributed by atoms with van der Waals surface area (Å²) in [5.74, 6) is 0.562. The van der Waals surface area contributed by atoms with Gasteiger partial charge in [-0.15, -0.1) is 0 Å². The van der Waals surface area contributed by atoms with Crippen LogP contribution in [-0.2, 0) is 13.6 Å². The van der Waals surface area contributed by atoms with Crippen molar-refractivity contribution >= 4 is 7.60 Å². The van der Waals surface area contributed by atoms with E-state index in [2.05, 4.69) is 6.58 Å². The molecule has 9 heavy (non-hydrogen) atoms. The van der Waals surface area contributed by atoms with Crippen molar-refractivity contribution in [2.24, 2.45) is 0 Å². The zero-order valence-electron chi connectivity index (χ0n) is 5.29. The number of rotatable bonds is 0. The average molecular weight is 148 g/mol. The normalized spacial score (nSPS) is 35.9. The second-order valence-electron chi connectivity index (χ2n) is 1.98. The molecule has 1 atom stereocenters. The standard InChI is InChI=1S/C5H9O3P/c1-5-3-4-7-9(2,6)8-5/h1,3-4H2,2H3. The minimum Gasteiger partial charge on any atom is -0.430 e. The first-order valence-electron chi connectivity index (χ1n) is 2.69. The molecule has 0 radical (unpaired) electrons. The summed E-state index contributed by atoms with van der Waals surface area (Å²) in [7, 11) is -2.74. The minimum absolute atomic E-state index is 0.465. The lowest BCUT2D eigenvalue weighted by Gasteiger charge is -2.21. The SMILES string of the molecule is C=C1CCOP(C)(=O)O1. The lowest BCUT2D eigenvalue weighted by Crippen LogP contribution is -2.04. The van der Waals surface area contributed by atoms with E-state index in [1.807, 2.05) is 0 Å². The second kappa shape index (κ2) is 2.16. The number of hydrogen-bond donors (Lipinski definition) is 0. The Kier molecular flexibility index (Phi) is 1.64. The monoisotopic (exact) mass is 148 g/mol. The Bertz CT molecular complexity index is 175. The van der Waals surface area contributed by atoms with Crippen molar-refractivity contribution in [2.75, 3.05) is 13.3 Å². The molecule has 0 saturated carbocycles. The summed E-state index contributed by atoms with van der Waals surface area (Å²) in [6.07, 6.45) is 0.651. The molecule has 0 amide bonds. The van der Waals surface area contributed by atoms with Gasteiger partial charge in [-0.2, -0.15) is 0 Å². The quantitative estimate of drug-likeness (QED) is 0.491. The van der Waals surface area contributed by atoms with Gasteiger partial charge in [-0.1, -0.05) is 6.58 Å². The lowest BCUT2D eigenvalue weighted by molar-refractivity contribution is 0.196. The summed E-state index contributed by atoms with van der Waals surface area (Å²) in [6.45, 7) is 5.44. The highest BCUT2D eigenvalue weighted by atomic mass is 31.2. The largest absolute Gasteiger partial charge is 0.430 e. The van der Waals surface area contributed by atoms with Gasteiger partial charge in [0.05, 0.1) is 6.61 Å². The summed E-state index contributed by atoms with van der Waals surface area (Å²) in [5.41, 5.74) is 0. The first kappa shape index (κ1) is 6.84. The molecule has 1 saturated heterocycles. The lowest BCUT2D eigenvalue weighted by atomic mass is 10.4. The molecule has 0 aromatic rings. The van der Waals surface area contributed by atoms with Crippen molar-refractivity contribution in [2.45, 2.75) is 6.42 Å². The van der Waals surface area contributed by atoms with Crippen LogP contribution in [0, 0.1) is 0 Å². The molecule has 1 aliphatic rings. The smallest absolute Gasteiger partial charge is 0.375 e. The maximum absolute atomic E-state index is 10.9. The summed E-state index contributed by atoms with van der Waals surface area (Å²) in [4.78, 5) is 0. The average Bonchev–Trinajstić information content (AvgIpc) is 1.60. The fraction of sp³-hybridized carbons (Fsp3) is 0.600. The van der Waals surface area contributed by atoms with Crippen LogP contribution in [0.25, 0.3) is 0 Å². The van der Waals surface area contributed by atoms with E-state index in [1.54, 1.807) is 0 Å². The van der Waals surface area contributed by atoms with Crippen molar-refractivity contribution in [3.05, 3.63) is 12.3 Å². The molecule has 1 fully saturated rings. The Morgan fingerprint density at radius 1 is 1.78 bits per heavy atom. The van der Waals surface area contributed by atoms with Crippen LogP contribution in [0.1, 0.15) is 6.42 Å². The highest BCUT2D eigenvalue weighted by Crippen LogP contribution is 2.49. The van der Waals surface area contributed by atoms with Crippen molar-refractivity contribution in [1.82, 2.24) is 0 Å². The molecule has 0 spiro atoms. The van der Waals surface area contributed by atoms with Gasteiger partial charge in [-0.05, 0) is 0 Å². The molecule has 3 nitrogen and oxygen atoms in total. The molecular weight excluding hydrogens is 139 g/mol.